The molecule has 1 saturated heterocycles. The molecule has 6 heteroatoms. The highest BCUT2D eigenvalue weighted by Crippen LogP contribution is 2.17. The number of hydrogen-bond donors (Lipinski definition) is 1. The summed E-state index contributed by atoms with van der Waals surface area (Å²) in [4.78, 5) is 11.5. The van der Waals surface area contributed by atoms with E-state index in [1.165, 1.54) is 11.1 Å². The van der Waals surface area contributed by atoms with Gasteiger partial charge < -0.3 is 10.1 Å². The van der Waals surface area contributed by atoms with Crippen LogP contribution in [0.4, 0.5) is 5.69 Å². The van der Waals surface area contributed by atoms with Crippen molar-refractivity contribution >= 4 is 17.3 Å². The van der Waals surface area contributed by atoms with E-state index in [2.05, 4.69) is 10.4 Å². The first-order chi connectivity index (χ1) is 8.18. The molecule has 0 radical (unpaired) electrons. The zero-order valence-electron chi connectivity index (χ0n) is 9.78. The maximum atomic E-state index is 11.5. The van der Waals surface area contributed by atoms with Gasteiger partial charge in [-0.1, -0.05) is 11.6 Å². The lowest BCUT2D eigenvalue weighted by molar-refractivity contribution is 0.0247. The molecule has 0 saturated carbocycles. The van der Waals surface area contributed by atoms with E-state index >= 15 is 0 Å². The summed E-state index contributed by atoms with van der Waals surface area (Å²) in [5, 5.41) is 7.22. The van der Waals surface area contributed by atoms with Crippen LogP contribution in [0.15, 0.2) is 11.0 Å². The van der Waals surface area contributed by atoms with Gasteiger partial charge in [-0.05, 0) is 19.3 Å². The molecule has 1 unspecified atom stereocenters. The fourth-order valence-electron chi connectivity index (χ4n) is 1.83. The first kappa shape index (κ1) is 12.4. The highest BCUT2D eigenvalue weighted by molar-refractivity contribution is 6.32. The predicted molar refractivity (Wildman–Crippen MR) is 66.6 cm³/mol. The van der Waals surface area contributed by atoms with Gasteiger partial charge in [0.25, 0.3) is 5.56 Å². The van der Waals surface area contributed by atoms with Crippen LogP contribution in [-0.4, -0.2) is 29.0 Å². The molecule has 1 fully saturated rings. The molecule has 17 heavy (non-hydrogen) atoms. The molecule has 1 aromatic rings. The normalized spacial score (nSPS) is 20.2. The third-order valence-corrected chi connectivity index (χ3v) is 3.24. The van der Waals surface area contributed by atoms with Gasteiger partial charge in [-0.3, -0.25) is 4.79 Å². The minimum Gasteiger partial charge on any atom is -0.380 e. The first-order valence-electron chi connectivity index (χ1n) is 5.76. The van der Waals surface area contributed by atoms with Crippen LogP contribution in [0.25, 0.3) is 0 Å². The van der Waals surface area contributed by atoms with Crippen molar-refractivity contribution in [1.82, 2.24) is 9.78 Å². The Bertz CT molecular complexity index is 441. The molecular weight excluding hydrogens is 242 g/mol. The molecular formula is C11H16ClN3O2. The lowest BCUT2D eigenvalue weighted by Crippen LogP contribution is -2.28. The van der Waals surface area contributed by atoms with Crippen LogP contribution in [0, 0.1) is 0 Å². The Morgan fingerprint density at radius 1 is 1.65 bits per heavy atom. The van der Waals surface area contributed by atoms with Crippen LogP contribution in [0.1, 0.15) is 19.3 Å². The van der Waals surface area contributed by atoms with Crippen molar-refractivity contribution in [2.75, 3.05) is 18.5 Å². The predicted octanol–water partition coefficient (Wildman–Crippen LogP) is 1.41. The second-order valence-electron chi connectivity index (χ2n) is 4.17. The van der Waals surface area contributed by atoms with Crippen LogP contribution in [-0.2, 0) is 11.8 Å². The van der Waals surface area contributed by atoms with Gasteiger partial charge >= 0.3 is 0 Å². The Kier molecular flexibility index (Phi) is 4.02. The minimum absolute atomic E-state index is 0.179. The smallest absolute Gasteiger partial charge is 0.287 e. The Labute approximate surface area is 105 Å². The summed E-state index contributed by atoms with van der Waals surface area (Å²) >= 11 is 5.94. The molecule has 2 heterocycles. The zero-order chi connectivity index (χ0) is 12.3. The van der Waals surface area contributed by atoms with Crippen LogP contribution >= 0.6 is 11.6 Å². The van der Waals surface area contributed by atoms with E-state index in [1.54, 1.807) is 13.2 Å². The van der Waals surface area contributed by atoms with Crippen molar-refractivity contribution in [3.8, 4) is 0 Å². The highest BCUT2D eigenvalue weighted by Gasteiger charge is 2.14. The number of aromatic nitrogens is 2. The number of anilines is 1. The number of nitrogens with zero attached hydrogens (tertiary/aromatic N) is 2. The first-order valence-corrected chi connectivity index (χ1v) is 6.13. The van der Waals surface area contributed by atoms with E-state index in [4.69, 9.17) is 16.3 Å². The molecule has 94 valence electrons. The standard InChI is InChI=1S/C11H16ClN3O2/c1-15-11(16)10(12)9(7-14-15)13-6-8-4-2-3-5-17-8/h7-8,13H,2-6H2,1H3. The lowest BCUT2D eigenvalue weighted by Gasteiger charge is -2.23. The second kappa shape index (κ2) is 5.51. The zero-order valence-corrected chi connectivity index (χ0v) is 10.5. The van der Waals surface area contributed by atoms with Gasteiger partial charge in [0.15, 0.2) is 0 Å². The Morgan fingerprint density at radius 3 is 3.18 bits per heavy atom. The van der Waals surface area contributed by atoms with Gasteiger partial charge in [-0.2, -0.15) is 5.10 Å². The van der Waals surface area contributed by atoms with Crippen molar-refractivity contribution < 1.29 is 4.74 Å². The fraction of sp³-hybridized carbons (Fsp3) is 0.636. The summed E-state index contributed by atoms with van der Waals surface area (Å²) in [7, 11) is 1.57. The molecule has 1 aliphatic heterocycles. The Balaban J connectivity index is 1.99. The van der Waals surface area contributed by atoms with Gasteiger partial charge in [-0.15, -0.1) is 0 Å². The Hall–Kier alpha value is -1.07. The van der Waals surface area contributed by atoms with Crippen LogP contribution in [0.3, 0.4) is 0 Å². The number of aryl methyl sites for hydroxylation is 1. The summed E-state index contributed by atoms with van der Waals surface area (Å²) < 4.78 is 6.80. The molecule has 1 atom stereocenters. The van der Waals surface area contributed by atoms with Gasteiger partial charge in [0, 0.05) is 20.2 Å². The highest BCUT2D eigenvalue weighted by atomic mass is 35.5. The maximum absolute atomic E-state index is 11.5. The summed E-state index contributed by atoms with van der Waals surface area (Å²) in [5.74, 6) is 0. The van der Waals surface area contributed by atoms with E-state index in [0.29, 0.717) is 12.2 Å². The summed E-state index contributed by atoms with van der Waals surface area (Å²) in [6.45, 7) is 1.48. The molecule has 0 aliphatic carbocycles. The van der Waals surface area contributed by atoms with Crippen LogP contribution in [0.5, 0.6) is 0 Å². The van der Waals surface area contributed by atoms with Crippen molar-refractivity contribution in [2.24, 2.45) is 7.05 Å². The van der Waals surface area contributed by atoms with Crippen molar-refractivity contribution in [1.29, 1.82) is 0 Å². The summed E-state index contributed by atoms with van der Waals surface area (Å²) in [6.07, 6.45) is 5.12. The molecule has 1 aromatic heterocycles. The molecule has 0 aromatic carbocycles. The summed E-state index contributed by atoms with van der Waals surface area (Å²) in [6, 6.07) is 0. The number of hydrogen-bond acceptors (Lipinski definition) is 4. The number of nitrogens with one attached hydrogen (secondary N) is 1. The van der Waals surface area contributed by atoms with E-state index in [-0.39, 0.29) is 16.7 Å². The van der Waals surface area contributed by atoms with Gasteiger partial charge in [-0.25, -0.2) is 4.68 Å². The lowest BCUT2D eigenvalue weighted by atomic mass is 10.1. The SMILES string of the molecule is Cn1ncc(NCC2CCCCO2)c(Cl)c1=O. The van der Waals surface area contributed by atoms with E-state index < -0.39 is 0 Å². The maximum Gasteiger partial charge on any atom is 0.287 e. The average molecular weight is 258 g/mol. The van der Waals surface area contributed by atoms with Crippen molar-refractivity contribution in [3.63, 3.8) is 0 Å². The van der Waals surface area contributed by atoms with Crippen molar-refractivity contribution in [3.05, 3.63) is 21.6 Å². The van der Waals surface area contributed by atoms with Gasteiger partial charge in [0.05, 0.1) is 18.0 Å². The van der Waals surface area contributed by atoms with Crippen LogP contribution < -0.4 is 10.9 Å². The van der Waals surface area contributed by atoms with Crippen molar-refractivity contribution in [2.45, 2.75) is 25.4 Å². The van der Waals surface area contributed by atoms with Gasteiger partial charge in [0.1, 0.15) is 5.02 Å². The molecule has 1 N–H and O–H groups in total. The average Bonchev–Trinajstić information content (AvgIpc) is 2.36. The third-order valence-electron chi connectivity index (χ3n) is 2.87. The molecule has 0 spiro atoms. The quantitative estimate of drug-likeness (QED) is 0.890. The molecule has 5 nitrogen and oxygen atoms in total. The third kappa shape index (κ3) is 2.98. The molecule has 0 amide bonds. The number of halogens is 1. The topological polar surface area (TPSA) is 56.1 Å². The number of ether oxygens (including phenoxy) is 1. The fourth-order valence-corrected chi connectivity index (χ4v) is 2.06. The van der Waals surface area contributed by atoms with Crippen LogP contribution in [0.2, 0.25) is 5.02 Å². The van der Waals surface area contributed by atoms with E-state index in [1.807, 2.05) is 0 Å². The second-order valence-corrected chi connectivity index (χ2v) is 4.55. The molecule has 2 rings (SSSR count). The monoisotopic (exact) mass is 257 g/mol. The Morgan fingerprint density at radius 2 is 2.47 bits per heavy atom. The molecule has 1 aliphatic rings. The molecule has 0 bridgehead atoms. The van der Waals surface area contributed by atoms with Gasteiger partial charge in [0.2, 0.25) is 0 Å². The number of rotatable bonds is 3. The largest absolute Gasteiger partial charge is 0.380 e. The van der Waals surface area contributed by atoms with E-state index in [9.17, 15) is 4.79 Å². The minimum atomic E-state index is -0.291. The summed E-state index contributed by atoms with van der Waals surface area (Å²) in [5.41, 5.74) is 0.283. The van der Waals surface area contributed by atoms with E-state index in [0.717, 1.165) is 19.4 Å².